The number of anilines is 1. The van der Waals surface area contributed by atoms with Crippen LogP contribution < -0.4 is 4.90 Å². The number of carbonyl (C=O) groups is 4. The maximum Gasteiger partial charge on any atom is 0.313 e. The zero-order valence-corrected chi connectivity index (χ0v) is 32.5. The Morgan fingerprint density at radius 2 is 1.63 bits per heavy atom. The monoisotopic (exact) mass is 795 g/mol. The molecule has 0 aromatic heterocycles. The number of cyclic esters (lactones) is 1. The summed E-state index contributed by atoms with van der Waals surface area (Å²) in [5.74, 6) is -3.88. The molecule has 0 radical (unpaired) electrons. The Hall–Kier alpha value is -4.58. The SMILES string of the molecule is Cc1ccc(C)c(N2C/C=C\CCC(=O)N(C)[C@H](C)[C@@H](c3ccccc3)OC(=O)[C@@H]3[C@H]4O[C@@]5(C=C4Br)[C@H](C2=O)N([C@@H](CO)Cc2ccccc2)C(=O)[C@@H]35)c1. The number of halogens is 1. The number of aryl methyl sites for hydroxylation is 2. The second-order valence-electron chi connectivity index (χ2n) is 14.9. The van der Waals surface area contributed by atoms with Gasteiger partial charge in [0.05, 0.1) is 24.6 Å². The van der Waals surface area contributed by atoms with E-state index in [2.05, 4.69) is 15.9 Å². The molecule has 54 heavy (non-hydrogen) atoms. The number of aliphatic hydroxyl groups is 1. The van der Waals surface area contributed by atoms with Crippen molar-refractivity contribution in [2.75, 3.05) is 25.1 Å². The van der Waals surface area contributed by atoms with E-state index < -0.39 is 72.2 Å². The van der Waals surface area contributed by atoms with Crippen LogP contribution >= 0.6 is 15.9 Å². The number of benzene rings is 3. The standard InChI is InChI=1S/C43H46BrN3O7/c1-26-19-20-27(2)33(22-26)46-21-13-7-12-18-34(49)45(4)28(3)37(30-16-10-6-11-17-30)53-42(52)35-36-40(50)47(31(25-48)23-29-14-8-5-9-15-29)39(41(46)51)43(36)24-32(44)38(35)54-43/h5-11,13-17,19-20,22,24,28,31,35-39,48H,12,18,21,23,25H2,1-4H3/b13-7-/t28-,31-,35+,36-,37+,38+,39+,43-/m1/s1. The molecule has 10 nitrogen and oxygen atoms in total. The van der Waals surface area contributed by atoms with E-state index in [4.69, 9.17) is 9.47 Å². The summed E-state index contributed by atoms with van der Waals surface area (Å²) >= 11 is 3.66. The number of likely N-dealkylation sites (N-methyl/N-ethyl adjacent to an activating group) is 1. The Balaban J connectivity index is 1.39. The maximum atomic E-state index is 15.5. The van der Waals surface area contributed by atoms with Crippen LogP contribution in [-0.2, 0) is 35.1 Å². The first-order valence-corrected chi connectivity index (χ1v) is 19.3. The predicted molar refractivity (Wildman–Crippen MR) is 207 cm³/mol. The van der Waals surface area contributed by atoms with E-state index in [-0.39, 0.29) is 25.3 Å². The number of hydrogen-bond donors (Lipinski definition) is 1. The molecule has 4 heterocycles. The Labute approximate surface area is 324 Å². The smallest absolute Gasteiger partial charge is 0.313 e. The molecular weight excluding hydrogens is 750 g/mol. The van der Waals surface area contributed by atoms with Gasteiger partial charge in [0, 0.05) is 30.2 Å². The molecule has 1 N–H and O–H groups in total. The predicted octanol–water partition coefficient (Wildman–Crippen LogP) is 5.59. The highest BCUT2D eigenvalue weighted by Crippen LogP contribution is 2.59. The molecule has 282 valence electrons. The molecule has 4 aliphatic rings. The minimum absolute atomic E-state index is 0.123. The van der Waals surface area contributed by atoms with Crippen LogP contribution in [0.4, 0.5) is 5.69 Å². The third-order valence-corrected chi connectivity index (χ3v) is 12.2. The van der Waals surface area contributed by atoms with Crippen molar-refractivity contribution in [2.24, 2.45) is 11.8 Å². The minimum atomic E-state index is -1.54. The molecule has 5 bridgehead atoms. The van der Waals surface area contributed by atoms with Crippen molar-refractivity contribution in [1.82, 2.24) is 9.80 Å². The van der Waals surface area contributed by atoms with Gasteiger partial charge in [-0.05, 0) is 68.0 Å². The quantitative estimate of drug-likeness (QED) is 0.256. The van der Waals surface area contributed by atoms with Crippen molar-refractivity contribution >= 4 is 45.3 Å². The van der Waals surface area contributed by atoms with Crippen molar-refractivity contribution in [2.45, 2.75) is 76.0 Å². The van der Waals surface area contributed by atoms with Gasteiger partial charge in [0.1, 0.15) is 29.8 Å². The van der Waals surface area contributed by atoms with Crippen LogP contribution in [-0.4, -0.2) is 88.6 Å². The third kappa shape index (κ3) is 6.60. The lowest BCUT2D eigenvalue weighted by atomic mass is 9.74. The maximum absolute atomic E-state index is 15.5. The molecule has 4 aliphatic heterocycles. The van der Waals surface area contributed by atoms with Gasteiger partial charge in [-0.2, -0.15) is 0 Å². The van der Waals surface area contributed by atoms with Gasteiger partial charge in [-0.25, -0.2) is 0 Å². The molecule has 3 amide bonds. The molecule has 3 aromatic carbocycles. The molecule has 11 heteroatoms. The Bertz CT molecular complexity index is 1990. The third-order valence-electron chi connectivity index (χ3n) is 11.5. The lowest BCUT2D eigenvalue weighted by Gasteiger charge is -2.39. The van der Waals surface area contributed by atoms with Gasteiger partial charge >= 0.3 is 5.97 Å². The van der Waals surface area contributed by atoms with Gasteiger partial charge in [-0.3, -0.25) is 19.2 Å². The van der Waals surface area contributed by atoms with Crippen LogP contribution in [0.25, 0.3) is 0 Å². The van der Waals surface area contributed by atoms with Gasteiger partial charge in [0.15, 0.2) is 0 Å². The Kier molecular flexibility index (Phi) is 10.7. The highest BCUT2D eigenvalue weighted by Gasteiger charge is 2.75. The summed E-state index contributed by atoms with van der Waals surface area (Å²) in [6, 6.07) is 22.0. The number of ether oxygens (including phenoxy) is 2. The van der Waals surface area contributed by atoms with Gasteiger partial charge in [-0.15, -0.1) is 0 Å². The number of amides is 3. The number of hydrogen-bond acceptors (Lipinski definition) is 7. The van der Waals surface area contributed by atoms with Crippen molar-refractivity contribution in [1.29, 1.82) is 0 Å². The zero-order valence-electron chi connectivity index (χ0n) is 30.9. The van der Waals surface area contributed by atoms with Crippen molar-refractivity contribution in [3.63, 3.8) is 0 Å². The molecule has 7 rings (SSSR count). The second-order valence-corrected chi connectivity index (χ2v) is 15.8. The molecule has 2 saturated heterocycles. The van der Waals surface area contributed by atoms with Crippen molar-refractivity contribution in [3.05, 3.63) is 124 Å². The summed E-state index contributed by atoms with van der Waals surface area (Å²) in [5, 5.41) is 11.0. The molecule has 1 spiro atoms. The minimum Gasteiger partial charge on any atom is -0.455 e. The van der Waals surface area contributed by atoms with Crippen molar-refractivity contribution < 1.29 is 33.8 Å². The van der Waals surface area contributed by atoms with Crippen LogP contribution in [0.5, 0.6) is 0 Å². The number of nitrogens with zero attached hydrogens (tertiary/aromatic N) is 3. The number of esters is 1. The molecule has 2 fully saturated rings. The molecule has 3 aromatic rings. The fourth-order valence-corrected chi connectivity index (χ4v) is 9.34. The summed E-state index contributed by atoms with van der Waals surface area (Å²) in [5.41, 5.74) is 2.51. The molecule has 0 aliphatic carbocycles. The number of fused-ring (bicyclic) bond motifs is 2. The summed E-state index contributed by atoms with van der Waals surface area (Å²) in [6.07, 6.45) is 4.71. The van der Waals surface area contributed by atoms with Gasteiger partial charge in [0.2, 0.25) is 11.8 Å². The number of likely N-dealkylation sites (tertiary alicyclic amines) is 1. The number of aliphatic hydroxyl groups excluding tert-OH is 1. The fourth-order valence-electron chi connectivity index (χ4n) is 8.60. The van der Waals surface area contributed by atoms with Crippen LogP contribution in [0.3, 0.4) is 0 Å². The van der Waals surface area contributed by atoms with Gasteiger partial charge < -0.3 is 29.3 Å². The first-order valence-electron chi connectivity index (χ1n) is 18.5. The van der Waals surface area contributed by atoms with Crippen molar-refractivity contribution in [3.8, 4) is 0 Å². The Morgan fingerprint density at radius 3 is 2.33 bits per heavy atom. The van der Waals surface area contributed by atoms with Crippen LogP contribution in [0.2, 0.25) is 0 Å². The number of carbonyl (C=O) groups excluding carboxylic acids is 4. The summed E-state index contributed by atoms with van der Waals surface area (Å²) in [4.78, 5) is 63.6. The lowest BCUT2D eigenvalue weighted by Crippen LogP contribution is -2.59. The number of rotatable bonds is 6. The van der Waals surface area contributed by atoms with Crippen LogP contribution in [0.1, 0.15) is 48.1 Å². The highest BCUT2D eigenvalue weighted by molar-refractivity contribution is 9.11. The topological polar surface area (TPSA) is 117 Å². The van der Waals surface area contributed by atoms with Crippen LogP contribution in [0.15, 0.2) is 102 Å². The first kappa shape index (κ1) is 37.7. The fraction of sp³-hybridized carbons (Fsp3) is 0.395. The second kappa shape index (κ2) is 15.3. The van der Waals surface area contributed by atoms with Gasteiger partial charge in [0.25, 0.3) is 5.91 Å². The van der Waals surface area contributed by atoms with E-state index in [1.54, 1.807) is 22.9 Å². The summed E-state index contributed by atoms with van der Waals surface area (Å²) < 4.78 is 13.7. The number of allylic oxidation sites excluding steroid dienone is 1. The largest absolute Gasteiger partial charge is 0.455 e. The van der Waals surface area contributed by atoms with E-state index in [1.165, 1.54) is 4.90 Å². The zero-order chi connectivity index (χ0) is 38.3. The lowest BCUT2D eigenvalue weighted by molar-refractivity contribution is -0.164. The average Bonchev–Trinajstić information content (AvgIpc) is 3.77. The normalized spacial score (nSPS) is 30.0. The van der Waals surface area contributed by atoms with E-state index in [1.807, 2.05) is 112 Å². The molecule has 0 unspecified atom stereocenters. The molecule has 8 atom stereocenters. The first-order chi connectivity index (χ1) is 26.0. The van der Waals surface area contributed by atoms with E-state index >= 15 is 9.59 Å². The highest BCUT2D eigenvalue weighted by atomic mass is 79.9. The van der Waals surface area contributed by atoms with E-state index in [9.17, 15) is 14.7 Å². The van der Waals surface area contributed by atoms with E-state index in [0.29, 0.717) is 22.2 Å². The summed E-state index contributed by atoms with van der Waals surface area (Å²) in [6.45, 7) is 5.46. The van der Waals surface area contributed by atoms with Gasteiger partial charge in [-0.1, -0.05) is 101 Å². The molecular formula is C43H46BrN3O7. The summed E-state index contributed by atoms with van der Waals surface area (Å²) in [7, 11) is 1.70. The Morgan fingerprint density at radius 1 is 0.926 bits per heavy atom. The molecule has 0 saturated carbocycles. The van der Waals surface area contributed by atoms with Crippen LogP contribution in [0, 0.1) is 25.7 Å². The van der Waals surface area contributed by atoms with E-state index in [0.717, 1.165) is 16.7 Å². The average molecular weight is 797 g/mol.